The third-order valence-electron chi connectivity index (χ3n) is 3.95. The average molecular weight is 282 g/mol. The summed E-state index contributed by atoms with van der Waals surface area (Å²) in [6.07, 6.45) is 0. The molecule has 2 rings (SSSR count). The number of carbonyl (C=O) groups is 1. The van der Waals surface area contributed by atoms with E-state index < -0.39 is 5.41 Å². The van der Waals surface area contributed by atoms with Crippen molar-refractivity contribution in [2.75, 3.05) is 17.7 Å². The molecular formula is C18H22N2O. The van der Waals surface area contributed by atoms with Crippen LogP contribution in [0, 0.1) is 6.92 Å². The fourth-order valence-electron chi connectivity index (χ4n) is 2.49. The lowest BCUT2D eigenvalue weighted by Gasteiger charge is -2.30. The van der Waals surface area contributed by atoms with Gasteiger partial charge in [0.2, 0.25) is 5.91 Å². The summed E-state index contributed by atoms with van der Waals surface area (Å²) in [7, 11) is 1.82. The molecular weight excluding hydrogens is 260 g/mol. The number of rotatable bonds is 3. The highest BCUT2D eigenvalue weighted by molar-refractivity contribution is 6.00. The fourth-order valence-corrected chi connectivity index (χ4v) is 2.49. The first-order valence-corrected chi connectivity index (χ1v) is 7.04. The molecule has 0 atom stereocenters. The maximum absolute atomic E-state index is 12.9. The Hall–Kier alpha value is -2.29. The first kappa shape index (κ1) is 15.1. The largest absolute Gasteiger partial charge is 0.399 e. The van der Waals surface area contributed by atoms with E-state index in [1.54, 1.807) is 4.90 Å². The summed E-state index contributed by atoms with van der Waals surface area (Å²) in [5, 5.41) is 0. The van der Waals surface area contributed by atoms with Gasteiger partial charge < -0.3 is 10.6 Å². The van der Waals surface area contributed by atoms with E-state index in [1.165, 1.54) is 0 Å². The average Bonchev–Trinajstić information content (AvgIpc) is 2.46. The smallest absolute Gasteiger partial charge is 0.236 e. The van der Waals surface area contributed by atoms with Crippen LogP contribution in [0.5, 0.6) is 0 Å². The molecule has 0 aliphatic heterocycles. The number of anilines is 2. The minimum Gasteiger partial charge on any atom is -0.399 e. The summed E-state index contributed by atoms with van der Waals surface area (Å²) < 4.78 is 0. The topological polar surface area (TPSA) is 46.3 Å². The summed E-state index contributed by atoms with van der Waals surface area (Å²) >= 11 is 0. The second kappa shape index (κ2) is 5.60. The molecule has 3 nitrogen and oxygen atoms in total. The van der Waals surface area contributed by atoms with Crippen LogP contribution in [0.25, 0.3) is 0 Å². The Bertz CT molecular complexity index is 645. The molecule has 0 radical (unpaired) electrons. The summed E-state index contributed by atoms with van der Waals surface area (Å²) in [5.74, 6) is 0.0570. The van der Waals surface area contributed by atoms with Crippen LogP contribution in [-0.2, 0) is 10.2 Å². The quantitative estimate of drug-likeness (QED) is 0.876. The standard InChI is InChI=1S/C18H22N2O/c1-13-7-5-6-8-16(13)20(4)17(21)18(2,3)14-9-11-15(19)12-10-14/h5-12H,19H2,1-4H3. The Balaban J connectivity index is 2.34. The van der Waals surface area contributed by atoms with Gasteiger partial charge in [0, 0.05) is 18.4 Å². The van der Waals surface area contributed by atoms with Crippen molar-refractivity contribution in [1.82, 2.24) is 0 Å². The molecule has 21 heavy (non-hydrogen) atoms. The number of likely N-dealkylation sites (N-methyl/N-ethyl adjacent to an activating group) is 1. The number of aryl methyl sites for hydroxylation is 1. The van der Waals surface area contributed by atoms with Gasteiger partial charge in [0.25, 0.3) is 0 Å². The lowest BCUT2D eigenvalue weighted by Crippen LogP contribution is -2.41. The lowest BCUT2D eigenvalue weighted by molar-refractivity contribution is -0.122. The fraction of sp³-hybridized carbons (Fsp3) is 0.278. The first-order chi connectivity index (χ1) is 9.84. The van der Waals surface area contributed by atoms with Gasteiger partial charge in [-0.3, -0.25) is 4.79 Å². The van der Waals surface area contributed by atoms with Crippen molar-refractivity contribution < 1.29 is 4.79 Å². The number of carbonyl (C=O) groups excluding carboxylic acids is 1. The van der Waals surface area contributed by atoms with E-state index in [9.17, 15) is 4.79 Å². The van der Waals surface area contributed by atoms with E-state index in [4.69, 9.17) is 5.73 Å². The van der Waals surface area contributed by atoms with Crippen molar-refractivity contribution in [3.63, 3.8) is 0 Å². The Morgan fingerprint density at radius 1 is 1.05 bits per heavy atom. The minimum absolute atomic E-state index is 0.0570. The number of benzene rings is 2. The van der Waals surface area contributed by atoms with E-state index in [-0.39, 0.29) is 5.91 Å². The molecule has 3 heteroatoms. The molecule has 0 bridgehead atoms. The molecule has 2 N–H and O–H groups in total. The minimum atomic E-state index is -0.606. The maximum atomic E-state index is 12.9. The van der Waals surface area contributed by atoms with Crippen molar-refractivity contribution >= 4 is 17.3 Å². The molecule has 0 aliphatic carbocycles. The van der Waals surface area contributed by atoms with Crippen LogP contribution < -0.4 is 10.6 Å². The van der Waals surface area contributed by atoms with Gasteiger partial charge in [-0.1, -0.05) is 30.3 Å². The van der Waals surface area contributed by atoms with E-state index in [0.717, 1.165) is 16.8 Å². The highest BCUT2D eigenvalue weighted by Gasteiger charge is 2.33. The molecule has 110 valence electrons. The van der Waals surface area contributed by atoms with Gasteiger partial charge in [0.1, 0.15) is 0 Å². The van der Waals surface area contributed by atoms with Crippen LogP contribution in [0.3, 0.4) is 0 Å². The highest BCUT2D eigenvalue weighted by Crippen LogP contribution is 2.29. The Morgan fingerprint density at radius 2 is 1.62 bits per heavy atom. The van der Waals surface area contributed by atoms with E-state index in [2.05, 4.69) is 0 Å². The normalized spacial score (nSPS) is 11.2. The van der Waals surface area contributed by atoms with Crippen LogP contribution in [-0.4, -0.2) is 13.0 Å². The van der Waals surface area contributed by atoms with E-state index in [0.29, 0.717) is 5.69 Å². The Morgan fingerprint density at radius 3 is 2.19 bits per heavy atom. The van der Waals surface area contributed by atoms with Gasteiger partial charge in [-0.25, -0.2) is 0 Å². The second-order valence-corrected chi connectivity index (χ2v) is 5.90. The van der Waals surface area contributed by atoms with Crippen molar-refractivity contribution in [2.45, 2.75) is 26.2 Å². The molecule has 1 amide bonds. The van der Waals surface area contributed by atoms with Crippen LogP contribution in [0.2, 0.25) is 0 Å². The van der Waals surface area contributed by atoms with E-state index in [1.807, 2.05) is 76.3 Å². The zero-order chi connectivity index (χ0) is 15.6. The van der Waals surface area contributed by atoms with Gasteiger partial charge in [0.05, 0.1) is 5.41 Å². The molecule has 0 aromatic heterocycles. The van der Waals surface area contributed by atoms with Crippen molar-refractivity contribution in [2.24, 2.45) is 0 Å². The molecule has 0 aliphatic rings. The number of nitrogens with two attached hydrogens (primary N) is 1. The second-order valence-electron chi connectivity index (χ2n) is 5.90. The Labute approximate surface area is 126 Å². The molecule has 0 fully saturated rings. The number of amides is 1. The zero-order valence-electron chi connectivity index (χ0n) is 13.1. The summed E-state index contributed by atoms with van der Waals surface area (Å²) in [5.41, 5.74) is 8.80. The number of para-hydroxylation sites is 1. The molecule has 0 spiro atoms. The van der Waals surface area contributed by atoms with Gasteiger partial charge in [-0.15, -0.1) is 0 Å². The number of hydrogen-bond donors (Lipinski definition) is 1. The van der Waals surface area contributed by atoms with Crippen molar-refractivity contribution in [1.29, 1.82) is 0 Å². The Kier molecular flexibility index (Phi) is 4.03. The van der Waals surface area contributed by atoms with E-state index >= 15 is 0 Å². The van der Waals surface area contributed by atoms with Crippen molar-refractivity contribution in [3.8, 4) is 0 Å². The third kappa shape index (κ3) is 2.92. The van der Waals surface area contributed by atoms with Crippen LogP contribution in [0.1, 0.15) is 25.0 Å². The maximum Gasteiger partial charge on any atom is 0.236 e. The number of nitrogens with zero attached hydrogens (tertiary/aromatic N) is 1. The molecule has 0 unspecified atom stereocenters. The first-order valence-electron chi connectivity index (χ1n) is 7.04. The van der Waals surface area contributed by atoms with Crippen LogP contribution in [0.4, 0.5) is 11.4 Å². The molecule has 2 aromatic carbocycles. The molecule has 0 heterocycles. The predicted octanol–water partition coefficient (Wildman–Crippen LogP) is 3.52. The monoisotopic (exact) mass is 282 g/mol. The lowest BCUT2D eigenvalue weighted by atomic mass is 9.83. The van der Waals surface area contributed by atoms with Gasteiger partial charge in [0.15, 0.2) is 0 Å². The molecule has 0 saturated carbocycles. The third-order valence-corrected chi connectivity index (χ3v) is 3.95. The summed E-state index contributed by atoms with van der Waals surface area (Å²) in [6.45, 7) is 5.89. The van der Waals surface area contributed by atoms with Gasteiger partial charge in [-0.05, 0) is 50.1 Å². The van der Waals surface area contributed by atoms with Crippen LogP contribution in [0.15, 0.2) is 48.5 Å². The van der Waals surface area contributed by atoms with Gasteiger partial charge in [-0.2, -0.15) is 0 Å². The van der Waals surface area contributed by atoms with Gasteiger partial charge >= 0.3 is 0 Å². The molecule has 2 aromatic rings. The number of nitrogen functional groups attached to an aromatic ring is 1. The SMILES string of the molecule is Cc1ccccc1N(C)C(=O)C(C)(C)c1ccc(N)cc1. The summed E-state index contributed by atoms with van der Waals surface area (Å²) in [4.78, 5) is 14.6. The van der Waals surface area contributed by atoms with Crippen molar-refractivity contribution in [3.05, 3.63) is 59.7 Å². The highest BCUT2D eigenvalue weighted by atomic mass is 16.2. The predicted molar refractivity (Wildman–Crippen MR) is 88.5 cm³/mol. The number of hydrogen-bond acceptors (Lipinski definition) is 2. The summed E-state index contributed by atoms with van der Waals surface area (Å²) in [6, 6.07) is 15.4. The molecule has 0 saturated heterocycles. The zero-order valence-corrected chi connectivity index (χ0v) is 13.1. The van der Waals surface area contributed by atoms with Crippen LogP contribution >= 0.6 is 0 Å².